The van der Waals surface area contributed by atoms with Crippen molar-refractivity contribution in [3.8, 4) is 0 Å². The van der Waals surface area contributed by atoms with Gasteiger partial charge in [0, 0.05) is 18.8 Å². The average Bonchev–Trinajstić information content (AvgIpc) is 2.97. The molecule has 1 atom stereocenters. The average molecular weight is 286 g/mol. The minimum absolute atomic E-state index is 0.223. The van der Waals surface area contributed by atoms with Crippen LogP contribution in [0.1, 0.15) is 57.1 Å². The number of aromatic nitrogens is 3. The maximum absolute atomic E-state index is 4.75. The Morgan fingerprint density at radius 3 is 2.57 bits per heavy atom. The van der Waals surface area contributed by atoms with Crippen molar-refractivity contribution in [2.45, 2.75) is 52.1 Å². The van der Waals surface area contributed by atoms with Crippen molar-refractivity contribution in [2.75, 3.05) is 6.54 Å². The summed E-state index contributed by atoms with van der Waals surface area (Å²) in [5.41, 5.74) is 2.20. The Labute approximate surface area is 127 Å². The Balaban J connectivity index is 2.11. The van der Waals surface area contributed by atoms with Crippen molar-refractivity contribution in [2.24, 2.45) is 0 Å². The molecule has 0 saturated carbocycles. The van der Waals surface area contributed by atoms with E-state index in [1.807, 2.05) is 18.3 Å². The second-order valence-corrected chi connectivity index (χ2v) is 5.33. The van der Waals surface area contributed by atoms with Crippen LogP contribution in [-0.4, -0.2) is 21.3 Å². The standard InChI is InChI=1S/C17H26N4/c1-4-15(5-2)21-12-10-14(20-21)13-17(18-6-3)16-9-7-8-11-19-16/h7-12,15,17-18H,4-6,13H2,1-3H3. The highest BCUT2D eigenvalue weighted by molar-refractivity contribution is 5.13. The molecule has 0 radical (unpaired) electrons. The van der Waals surface area contributed by atoms with Crippen LogP contribution in [0, 0.1) is 0 Å². The molecule has 114 valence electrons. The zero-order valence-corrected chi connectivity index (χ0v) is 13.3. The van der Waals surface area contributed by atoms with E-state index in [1.54, 1.807) is 0 Å². The van der Waals surface area contributed by atoms with Gasteiger partial charge >= 0.3 is 0 Å². The van der Waals surface area contributed by atoms with Gasteiger partial charge in [-0.3, -0.25) is 9.67 Å². The molecule has 0 amide bonds. The summed E-state index contributed by atoms with van der Waals surface area (Å²) in [5.74, 6) is 0. The van der Waals surface area contributed by atoms with Crippen molar-refractivity contribution in [1.29, 1.82) is 0 Å². The van der Waals surface area contributed by atoms with Crippen LogP contribution >= 0.6 is 0 Å². The normalized spacial score (nSPS) is 12.8. The van der Waals surface area contributed by atoms with E-state index in [0.29, 0.717) is 6.04 Å². The molecule has 0 aliphatic heterocycles. The van der Waals surface area contributed by atoms with Crippen LogP contribution in [0.15, 0.2) is 36.7 Å². The second kappa shape index (κ2) is 7.93. The van der Waals surface area contributed by atoms with Gasteiger partial charge in [0.2, 0.25) is 0 Å². The molecule has 2 aromatic rings. The highest BCUT2D eigenvalue weighted by Gasteiger charge is 2.15. The number of rotatable bonds is 8. The van der Waals surface area contributed by atoms with Gasteiger partial charge in [0.25, 0.3) is 0 Å². The second-order valence-electron chi connectivity index (χ2n) is 5.33. The van der Waals surface area contributed by atoms with Gasteiger partial charge in [0.05, 0.1) is 23.5 Å². The summed E-state index contributed by atoms with van der Waals surface area (Å²) in [7, 11) is 0. The summed E-state index contributed by atoms with van der Waals surface area (Å²) in [6, 6.07) is 8.92. The predicted octanol–water partition coefficient (Wildman–Crippen LogP) is 3.53. The Hall–Kier alpha value is -1.68. The molecule has 0 fully saturated rings. The summed E-state index contributed by atoms with van der Waals surface area (Å²) < 4.78 is 2.11. The Kier molecular flexibility index (Phi) is 5.93. The Bertz CT molecular complexity index is 517. The molecule has 0 saturated heterocycles. The number of pyridine rings is 1. The smallest absolute Gasteiger partial charge is 0.0644 e. The van der Waals surface area contributed by atoms with Gasteiger partial charge in [-0.2, -0.15) is 5.10 Å². The first-order chi connectivity index (χ1) is 10.3. The van der Waals surface area contributed by atoms with Gasteiger partial charge < -0.3 is 5.32 Å². The van der Waals surface area contributed by atoms with E-state index >= 15 is 0 Å². The summed E-state index contributed by atoms with van der Waals surface area (Å²) in [6.07, 6.45) is 7.07. The topological polar surface area (TPSA) is 42.7 Å². The molecule has 0 spiro atoms. The number of hydrogen-bond donors (Lipinski definition) is 1. The summed E-state index contributed by atoms with van der Waals surface area (Å²) in [4.78, 5) is 4.47. The SMILES string of the molecule is CCNC(Cc1ccn(C(CC)CC)n1)c1ccccn1. The van der Waals surface area contributed by atoms with Gasteiger partial charge in [-0.15, -0.1) is 0 Å². The predicted molar refractivity (Wildman–Crippen MR) is 86.2 cm³/mol. The third-order valence-electron chi connectivity index (χ3n) is 3.89. The first kappa shape index (κ1) is 15.7. The molecule has 0 aliphatic rings. The minimum Gasteiger partial charge on any atom is -0.309 e. The summed E-state index contributed by atoms with van der Waals surface area (Å²) >= 11 is 0. The number of hydrogen-bond acceptors (Lipinski definition) is 3. The highest BCUT2D eigenvalue weighted by Crippen LogP contribution is 2.18. The first-order valence-corrected chi connectivity index (χ1v) is 7.96. The molecule has 0 bridgehead atoms. The van der Waals surface area contributed by atoms with E-state index in [-0.39, 0.29) is 6.04 Å². The fourth-order valence-corrected chi connectivity index (χ4v) is 2.67. The van der Waals surface area contributed by atoms with Gasteiger partial charge in [0.15, 0.2) is 0 Å². The molecule has 4 nitrogen and oxygen atoms in total. The Morgan fingerprint density at radius 2 is 1.95 bits per heavy atom. The van der Waals surface area contributed by atoms with Crippen LogP contribution in [0.5, 0.6) is 0 Å². The third-order valence-corrected chi connectivity index (χ3v) is 3.89. The molecule has 2 heterocycles. The van der Waals surface area contributed by atoms with Crippen molar-refractivity contribution in [3.63, 3.8) is 0 Å². The van der Waals surface area contributed by atoms with E-state index in [0.717, 1.165) is 37.2 Å². The van der Waals surface area contributed by atoms with Crippen molar-refractivity contribution in [3.05, 3.63) is 48.0 Å². The maximum Gasteiger partial charge on any atom is 0.0644 e. The Morgan fingerprint density at radius 1 is 1.14 bits per heavy atom. The number of nitrogens with zero attached hydrogens (tertiary/aromatic N) is 3. The van der Waals surface area contributed by atoms with E-state index < -0.39 is 0 Å². The van der Waals surface area contributed by atoms with Gasteiger partial charge in [-0.1, -0.05) is 26.8 Å². The molecule has 21 heavy (non-hydrogen) atoms. The van der Waals surface area contributed by atoms with Crippen LogP contribution in [0.2, 0.25) is 0 Å². The molecule has 2 rings (SSSR count). The molecule has 2 aromatic heterocycles. The molecule has 4 heteroatoms. The van der Waals surface area contributed by atoms with Crippen LogP contribution in [-0.2, 0) is 6.42 Å². The van der Waals surface area contributed by atoms with Crippen LogP contribution in [0.3, 0.4) is 0 Å². The van der Waals surface area contributed by atoms with E-state index in [1.165, 1.54) is 0 Å². The molecular weight excluding hydrogens is 260 g/mol. The lowest BCUT2D eigenvalue weighted by Crippen LogP contribution is -2.24. The van der Waals surface area contributed by atoms with Crippen LogP contribution in [0.25, 0.3) is 0 Å². The van der Waals surface area contributed by atoms with Crippen LogP contribution < -0.4 is 5.32 Å². The molecule has 0 aliphatic carbocycles. The zero-order valence-electron chi connectivity index (χ0n) is 13.3. The third kappa shape index (κ3) is 4.14. The van der Waals surface area contributed by atoms with Gasteiger partial charge in [-0.25, -0.2) is 0 Å². The van der Waals surface area contributed by atoms with Crippen molar-refractivity contribution in [1.82, 2.24) is 20.1 Å². The lowest BCUT2D eigenvalue weighted by Gasteiger charge is -2.16. The molecule has 1 unspecified atom stereocenters. The van der Waals surface area contributed by atoms with Gasteiger partial charge in [0.1, 0.15) is 0 Å². The monoisotopic (exact) mass is 286 g/mol. The van der Waals surface area contributed by atoms with E-state index in [9.17, 15) is 0 Å². The summed E-state index contributed by atoms with van der Waals surface area (Å²) in [5, 5.41) is 8.25. The molecule has 1 N–H and O–H groups in total. The highest BCUT2D eigenvalue weighted by atomic mass is 15.3. The van der Waals surface area contributed by atoms with E-state index in [2.05, 4.69) is 54.1 Å². The first-order valence-electron chi connectivity index (χ1n) is 7.96. The van der Waals surface area contributed by atoms with E-state index in [4.69, 9.17) is 5.10 Å². The van der Waals surface area contributed by atoms with Crippen molar-refractivity contribution >= 4 is 0 Å². The quantitative estimate of drug-likeness (QED) is 0.807. The van der Waals surface area contributed by atoms with Gasteiger partial charge in [-0.05, 0) is 37.6 Å². The molecular formula is C17H26N4. The minimum atomic E-state index is 0.223. The van der Waals surface area contributed by atoms with Crippen LogP contribution in [0.4, 0.5) is 0 Å². The zero-order chi connectivity index (χ0) is 15.1. The largest absolute Gasteiger partial charge is 0.309 e. The fourth-order valence-electron chi connectivity index (χ4n) is 2.67. The maximum atomic E-state index is 4.75. The van der Waals surface area contributed by atoms with Crippen molar-refractivity contribution < 1.29 is 0 Å². The molecule has 0 aromatic carbocycles. The number of likely N-dealkylation sites (N-methyl/N-ethyl adjacent to an activating group) is 1. The lowest BCUT2D eigenvalue weighted by atomic mass is 10.1. The number of nitrogens with one attached hydrogen (secondary N) is 1. The fraction of sp³-hybridized carbons (Fsp3) is 0.529. The lowest BCUT2D eigenvalue weighted by molar-refractivity contribution is 0.422. The summed E-state index contributed by atoms with van der Waals surface area (Å²) in [6.45, 7) is 7.48.